The van der Waals surface area contributed by atoms with E-state index in [9.17, 15) is 9.90 Å². The van der Waals surface area contributed by atoms with Gasteiger partial charge in [-0.15, -0.1) is 0 Å². The first kappa shape index (κ1) is 16.5. The summed E-state index contributed by atoms with van der Waals surface area (Å²) in [6, 6.07) is 8.37. The minimum Gasteiger partial charge on any atom is -0.394 e. The first-order valence-electron chi connectivity index (χ1n) is 8.84. The van der Waals surface area contributed by atoms with Gasteiger partial charge in [0.1, 0.15) is 0 Å². The second-order valence-electron chi connectivity index (χ2n) is 7.07. The third-order valence-corrected chi connectivity index (χ3v) is 5.65. The molecule has 0 spiro atoms. The van der Waals surface area contributed by atoms with Crippen molar-refractivity contribution in [2.75, 3.05) is 19.7 Å². The number of aliphatic hydroxyl groups is 1. The van der Waals surface area contributed by atoms with E-state index in [1.54, 1.807) is 0 Å². The lowest BCUT2D eigenvalue weighted by atomic mass is 9.90. The molecular formula is C19H28N2O2. The number of carbonyl (C=O) groups excluding carboxylic acids is 1. The number of hydrogen-bond acceptors (Lipinski definition) is 3. The lowest BCUT2D eigenvalue weighted by Crippen LogP contribution is -2.56. The van der Waals surface area contributed by atoms with Gasteiger partial charge in [0.05, 0.1) is 18.7 Å². The topological polar surface area (TPSA) is 43.8 Å². The van der Waals surface area contributed by atoms with Gasteiger partial charge in [-0.25, -0.2) is 0 Å². The molecule has 1 N–H and O–H groups in total. The molecule has 1 aromatic rings. The number of nitrogens with zero attached hydrogens (tertiary/aromatic N) is 2. The molecule has 4 nitrogen and oxygen atoms in total. The Labute approximate surface area is 139 Å². The molecule has 0 aliphatic carbocycles. The van der Waals surface area contributed by atoms with Crippen molar-refractivity contribution in [3.63, 3.8) is 0 Å². The smallest absolute Gasteiger partial charge is 0.239 e. The zero-order chi connectivity index (χ0) is 16.4. The number of aliphatic hydroxyl groups excluding tert-OH is 1. The molecule has 0 saturated carbocycles. The molecular weight excluding hydrogens is 288 g/mol. The quantitative estimate of drug-likeness (QED) is 0.928. The highest BCUT2D eigenvalue weighted by Crippen LogP contribution is 2.26. The Hall–Kier alpha value is -1.39. The van der Waals surface area contributed by atoms with E-state index in [2.05, 4.69) is 36.1 Å². The van der Waals surface area contributed by atoms with Crippen molar-refractivity contribution < 1.29 is 9.90 Å². The molecule has 1 saturated heterocycles. The van der Waals surface area contributed by atoms with Crippen LogP contribution in [0.3, 0.4) is 0 Å². The van der Waals surface area contributed by atoms with Gasteiger partial charge in [-0.3, -0.25) is 9.69 Å². The van der Waals surface area contributed by atoms with Gasteiger partial charge >= 0.3 is 0 Å². The average molecular weight is 316 g/mol. The van der Waals surface area contributed by atoms with Gasteiger partial charge < -0.3 is 10.0 Å². The molecule has 23 heavy (non-hydrogen) atoms. The molecule has 3 atom stereocenters. The molecule has 1 fully saturated rings. The van der Waals surface area contributed by atoms with E-state index in [4.69, 9.17) is 0 Å². The van der Waals surface area contributed by atoms with E-state index < -0.39 is 0 Å². The van der Waals surface area contributed by atoms with Crippen LogP contribution in [0.1, 0.15) is 37.8 Å². The molecule has 3 unspecified atom stereocenters. The molecule has 0 aromatic heterocycles. The first-order chi connectivity index (χ1) is 11.1. The third-order valence-electron chi connectivity index (χ3n) is 5.65. The van der Waals surface area contributed by atoms with Crippen LogP contribution in [0.2, 0.25) is 0 Å². The van der Waals surface area contributed by atoms with Crippen LogP contribution in [0.5, 0.6) is 0 Å². The summed E-state index contributed by atoms with van der Waals surface area (Å²) in [4.78, 5) is 17.2. The Morgan fingerprint density at radius 2 is 2.04 bits per heavy atom. The fourth-order valence-corrected chi connectivity index (χ4v) is 4.05. The fourth-order valence-electron chi connectivity index (χ4n) is 4.05. The molecule has 1 amide bonds. The van der Waals surface area contributed by atoms with Gasteiger partial charge in [0.25, 0.3) is 0 Å². The Bertz CT molecular complexity index is 560. The zero-order valence-electron chi connectivity index (χ0n) is 14.2. The minimum atomic E-state index is -0.122. The summed E-state index contributed by atoms with van der Waals surface area (Å²) in [5.74, 6) is 0.557. The number of benzene rings is 1. The van der Waals surface area contributed by atoms with E-state index in [0.717, 1.165) is 38.9 Å². The van der Waals surface area contributed by atoms with Gasteiger partial charge in [0, 0.05) is 19.6 Å². The Morgan fingerprint density at radius 3 is 2.78 bits per heavy atom. The number of likely N-dealkylation sites (tertiary alicyclic amines) is 1. The van der Waals surface area contributed by atoms with Crippen molar-refractivity contribution in [1.29, 1.82) is 0 Å². The van der Waals surface area contributed by atoms with Crippen LogP contribution in [0.15, 0.2) is 24.3 Å². The monoisotopic (exact) mass is 316 g/mol. The third kappa shape index (κ3) is 3.29. The fraction of sp³-hybridized carbons (Fsp3) is 0.632. The SMILES string of the molecule is CC1CCCN(C(=O)C(C)N2CCc3ccccc3C2)C1CO. The maximum Gasteiger partial charge on any atom is 0.239 e. The number of piperidine rings is 1. The Kier molecular flexibility index (Phi) is 5.02. The lowest BCUT2D eigenvalue weighted by molar-refractivity contribution is -0.143. The van der Waals surface area contributed by atoms with Crippen molar-refractivity contribution in [1.82, 2.24) is 9.80 Å². The van der Waals surface area contributed by atoms with Crippen molar-refractivity contribution in [3.8, 4) is 0 Å². The summed E-state index contributed by atoms with van der Waals surface area (Å²) in [5, 5.41) is 9.70. The maximum absolute atomic E-state index is 13.0. The van der Waals surface area contributed by atoms with E-state index in [-0.39, 0.29) is 24.6 Å². The van der Waals surface area contributed by atoms with Gasteiger partial charge in [-0.05, 0) is 43.2 Å². The number of rotatable bonds is 3. The summed E-state index contributed by atoms with van der Waals surface area (Å²) in [6.45, 7) is 6.78. The van der Waals surface area contributed by atoms with Crippen molar-refractivity contribution in [2.45, 2.75) is 51.7 Å². The summed E-state index contributed by atoms with van der Waals surface area (Å²) in [7, 11) is 0. The number of fused-ring (bicyclic) bond motifs is 1. The zero-order valence-corrected chi connectivity index (χ0v) is 14.2. The number of hydrogen-bond donors (Lipinski definition) is 1. The summed E-state index contributed by atoms with van der Waals surface area (Å²) in [6.07, 6.45) is 3.15. The second-order valence-corrected chi connectivity index (χ2v) is 7.07. The maximum atomic E-state index is 13.0. The molecule has 0 radical (unpaired) electrons. The highest BCUT2D eigenvalue weighted by atomic mass is 16.3. The van der Waals surface area contributed by atoms with Gasteiger partial charge in [-0.1, -0.05) is 31.2 Å². The predicted molar refractivity (Wildman–Crippen MR) is 91.0 cm³/mol. The lowest BCUT2D eigenvalue weighted by Gasteiger charge is -2.42. The average Bonchev–Trinajstić information content (AvgIpc) is 2.59. The summed E-state index contributed by atoms with van der Waals surface area (Å²) in [5.41, 5.74) is 2.74. The Morgan fingerprint density at radius 1 is 1.30 bits per heavy atom. The van der Waals surface area contributed by atoms with Gasteiger partial charge in [0.15, 0.2) is 0 Å². The summed E-state index contributed by atoms with van der Waals surface area (Å²) < 4.78 is 0. The van der Waals surface area contributed by atoms with Crippen LogP contribution in [0, 0.1) is 5.92 Å². The van der Waals surface area contributed by atoms with Crippen LogP contribution in [0.4, 0.5) is 0 Å². The van der Waals surface area contributed by atoms with E-state index >= 15 is 0 Å². The number of amides is 1. The van der Waals surface area contributed by atoms with Gasteiger partial charge in [0.2, 0.25) is 5.91 Å². The molecule has 0 bridgehead atoms. The van der Waals surface area contributed by atoms with Gasteiger partial charge in [-0.2, -0.15) is 0 Å². The van der Waals surface area contributed by atoms with Crippen LogP contribution < -0.4 is 0 Å². The molecule has 2 aliphatic rings. The van der Waals surface area contributed by atoms with Crippen molar-refractivity contribution in [3.05, 3.63) is 35.4 Å². The first-order valence-corrected chi connectivity index (χ1v) is 8.84. The molecule has 2 heterocycles. The normalized spacial score (nSPS) is 26.7. The minimum absolute atomic E-state index is 0.0178. The molecule has 3 rings (SSSR count). The highest BCUT2D eigenvalue weighted by Gasteiger charge is 2.35. The van der Waals surface area contributed by atoms with E-state index in [0.29, 0.717) is 5.92 Å². The van der Waals surface area contributed by atoms with Crippen LogP contribution in [-0.2, 0) is 17.8 Å². The largest absolute Gasteiger partial charge is 0.394 e. The van der Waals surface area contributed by atoms with Crippen LogP contribution in [-0.4, -0.2) is 52.6 Å². The van der Waals surface area contributed by atoms with E-state index in [1.165, 1.54) is 11.1 Å². The standard InChI is InChI=1S/C19H28N2O2/c1-14-6-5-10-21(18(14)13-22)19(23)15(2)20-11-9-16-7-3-4-8-17(16)12-20/h3-4,7-8,14-15,18,22H,5-6,9-13H2,1-2H3. The van der Waals surface area contributed by atoms with E-state index in [1.807, 2.05) is 11.8 Å². The summed E-state index contributed by atoms with van der Waals surface area (Å²) >= 11 is 0. The Balaban J connectivity index is 1.70. The molecule has 126 valence electrons. The predicted octanol–water partition coefficient (Wildman–Crippen LogP) is 2.05. The van der Waals surface area contributed by atoms with Crippen LogP contribution >= 0.6 is 0 Å². The highest BCUT2D eigenvalue weighted by molar-refractivity contribution is 5.82. The number of carbonyl (C=O) groups is 1. The van der Waals surface area contributed by atoms with Crippen molar-refractivity contribution >= 4 is 5.91 Å². The molecule has 1 aromatic carbocycles. The molecule has 2 aliphatic heterocycles. The van der Waals surface area contributed by atoms with Crippen LogP contribution in [0.25, 0.3) is 0 Å². The van der Waals surface area contributed by atoms with Crippen molar-refractivity contribution in [2.24, 2.45) is 5.92 Å². The molecule has 4 heteroatoms. The second kappa shape index (κ2) is 7.02.